The summed E-state index contributed by atoms with van der Waals surface area (Å²) in [5, 5.41) is 0. The maximum atomic E-state index is 5.68. The van der Waals surface area contributed by atoms with Gasteiger partial charge in [-0.05, 0) is 55.4 Å². The fraction of sp³-hybridized carbons (Fsp3) is 0.600. The summed E-state index contributed by atoms with van der Waals surface area (Å²) in [4.78, 5) is 0. The molecular weight excluding hydrogens is 336 g/mol. The third-order valence-electron chi connectivity index (χ3n) is 2.83. The van der Waals surface area contributed by atoms with Gasteiger partial charge < -0.3 is 8.37 Å². The van der Waals surface area contributed by atoms with Gasteiger partial charge in [0.15, 0.2) is 0 Å². The summed E-state index contributed by atoms with van der Waals surface area (Å²) in [5.74, 6) is 0.634. The van der Waals surface area contributed by atoms with E-state index in [1.165, 1.54) is 44.4 Å². The Balaban J connectivity index is 4.19. The maximum absolute atomic E-state index is 5.68. The molecule has 0 fully saturated rings. The van der Waals surface area contributed by atoms with Crippen molar-refractivity contribution in [3.63, 3.8) is 0 Å². The lowest BCUT2D eigenvalue weighted by Crippen LogP contribution is -2.03. The highest BCUT2D eigenvalue weighted by atomic mass is 33.1. The molecule has 0 amide bonds. The van der Waals surface area contributed by atoms with E-state index >= 15 is 0 Å². The third-order valence-corrected chi connectivity index (χ3v) is 4.10. The second-order valence-corrected chi connectivity index (χ2v) is 8.57. The van der Waals surface area contributed by atoms with Crippen molar-refractivity contribution in [1.29, 1.82) is 0 Å². The van der Waals surface area contributed by atoms with Gasteiger partial charge in [-0.2, -0.15) is 0 Å². The van der Waals surface area contributed by atoms with Crippen LogP contribution in [0.4, 0.5) is 0 Å². The van der Waals surface area contributed by atoms with Gasteiger partial charge in [-0.3, -0.25) is 0 Å². The van der Waals surface area contributed by atoms with Crippen molar-refractivity contribution in [1.82, 2.24) is 0 Å². The highest BCUT2D eigenvalue weighted by Gasteiger charge is 2.06. The van der Waals surface area contributed by atoms with Crippen molar-refractivity contribution in [2.45, 2.75) is 55.4 Å². The van der Waals surface area contributed by atoms with Crippen molar-refractivity contribution in [2.75, 3.05) is 13.2 Å². The van der Waals surface area contributed by atoms with Gasteiger partial charge in [0, 0.05) is 11.8 Å². The minimum absolute atomic E-state index is 0.317. The third kappa shape index (κ3) is 15.1. The van der Waals surface area contributed by atoms with Gasteiger partial charge in [0.25, 0.3) is 0 Å². The van der Waals surface area contributed by atoms with Crippen LogP contribution in [0.25, 0.3) is 0 Å². The van der Waals surface area contributed by atoms with Crippen LogP contribution in [-0.2, 0) is 8.37 Å². The van der Waals surface area contributed by atoms with Crippen LogP contribution < -0.4 is 0 Å². The molecule has 0 aromatic carbocycles. The average Bonchev–Trinajstić information content (AvgIpc) is 2.39. The Morgan fingerprint density at radius 2 is 0.833 bits per heavy atom. The normalized spacial score (nSPS) is 10.6. The molecule has 0 saturated heterocycles. The Bertz CT molecular complexity index is 380. The van der Waals surface area contributed by atoms with E-state index in [0.717, 1.165) is 0 Å². The Kier molecular flexibility index (Phi) is 13.6. The van der Waals surface area contributed by atoms with Gasteiger partial charge >= 0.3 is 0 Å². The summed E-state index contributed by atoms with van der Waals surface area (Å²) in [6.07, 6.45) is 8.94. The summed E-state index contributed by atoms with van der Waals surface area (Å²) >= 11 is 2.62. The van der Waals surface area contributed by atoms with Gasteiger partial charge in [0.05, 0.1) is 35.4 Å². The van der Waals surface area contributed by atoms with Crippen molar-refractivity contribution in [3.8, 4) is 0 Å². The molecule has 0 aromatic heterocycles. The molecule has 0 N–H and O–H groups in total. The first-order valence-corrected chi connectivity index (χ1v) is 10.4. The fourth-order valence-electron chi connectivity index (χ4n) is 2.25. The molecule has 0 aliphatic carbocycles. The molecule has 4 heteroatoms. The van der Waals surface area contributed by atoms with Crippen molar-refractivity contribution in [3.05, 3.63) is 46.6 Å². The highest BCUT2D eigenvalue weighted by Crippen LogP contribution is 2.26. The number of hydrogen-bond acceptors (Lipinski definition) is 4. The van der Waals surface area contributed by atoms with Crippen LogP contribution in [-0.4, -0.2) is 13.2 Å². The van der Waals surface area contributed by atoms with Gasteiger partial charge in [-0.15, -0.1) is 0 Å². The van der Waals surface area contributed by atoms with Crippen LogP contribution in [0.5, 0.6) is 0 Å². The minimum Gasteiger partial charge on any atom is -0.302 e. The standard InChI is InChI=1S/C20H34O2S2/c1-15(2)9-19(10-16(3)4)13-21-23-24-22-14-20(11-17(5)6)12-18(7)8/h9-12,19-20H,13-14H2,1-8H3. The lowest BCUT2D eigenvalue weighted by atomic mass is 10.1. The molecule has 0 saturated carbocycles. The maximum Gasteiger partial charge on any atom is 0.0925 e. The van der Waals surface area contributed by atoms with E-state index < -0.39 is 0 Å². The molecule has 0 radical (unpaired) electrons. The highest BCUT2D eigenvalue weighted by molar-refractivity contribution is 8.73. The molecule has 0 aliphatic heterocycles. The molecule has 0 unspecified atom stereocenters. The average molecular weight is 371 g/mol. The SMILES string of the molecule is CC(C)=CC(C=C(C)C)COSSOCC(C=C(C)C)C=C(C)C. The van der Waals surface area contributed by atoms with Crippen molar-refractivity contribution in [2.24, 2.45) is 11.8 Å². The first-order chi connectivity index (χ1) is 11.2. The Hall–Kier alpha value is -0.420. The molecule has 0 aromatic rings. The molecule has 0 bridgehead atoms. The zero-order valence-corrected chi connectivity index (χ0v) is 18.1. The van der Waals surface area contributed by atoms with Crippen LogP contribution in [0, 0.1) is 11.8 Å². The van der Waals surface area contributed by atoms with Crippen molar-refractivity contribution < 1.29 is 8.37 Å². The Morgan fingerprint density at radius 1 is 0.583 bits per heavy atom. The molecule has 0 rings (SSSR count). The summed E-state index contributed by atoms with van der Waals surface area (Å²) in [7, 11) is 0. The van der Waals surface area contributed by atoms with Crippen LogP contribution >= 0.6 is 22.1 Å². The zero-order valence-electron chi connectivity index (χ0n) is 16.5. The Morgan fingerprint density at radius 3 is 1.04 bits per heavy atom. The molecule has 0 aliphatic rings. The second kappa shape index (κ2) is 13.8. The quantitative estimate of drug-likeness (QED) is 0.164. The van der Waals surface area contributed by atoms with E-state index in [-0.39, 0.29) is 0 Å². The lowest BCUT2D eigenvalue weighted by Gasteiger charge is -2.11. The summed E-state index contributed by atoms with van der Waals surface area (Å²) in [6.45, 7) is 18.2. The summed E-state index contributed by atoms with van der Waals surface area (Å²) in [6, 6.07) is 0. The van der Waals surface area contributed by atoms with E-state index in [1.54, 1.807) is 0 Å². The molecular formula is C20H34O2S2. The van der Waals surface area contributed by atoms with E-state index in [4.69, 9.17) is 8.37 Å². The van der Waals surface area contributed by atoms with Crippen LogP contribution in [0.15, 0.2) is 46.6 Å². The van der Waals surface area contributed by atoms with Gasteiger partial charge in [0.1, 0.15) is 0 Å². The monoisotopic (exact) mass is 370 g/mol. The first kappa shape index (κ1) is 23.6. The van der Waals surface area contributed by atoms with E-state index in [0.29, 0.717) is 25.0 Å². The minimum atomic E-state index is 0.317. The molecule has 0 atom stereocenters. The van der Waals surface area contributed by atoms with E-state index in [9.17, 15) is 0 Å². The van der Waals surface area contributed by atoms with Gasteiger partial charge in [-0.1, -0.05) is 46.6 Å². The van der Waals surface area contributed by atoms with Crippen LogP contribution in [0.1, 0.15) is 55.4 Å². The Labute approximate surface area is 157 Å². The van der Waals surface area contributed by atoms with Gasteiger partial charge in [0.2, 0.25) is 0 Å². The van der Waals surface area contributed by atoms with Crippen LogP contribution in [0.3, 0.4) is 0 Å². The first-order valence-electron chi connectivity index (χ1n) is 8.38. The van der Waals surface area contributed by atoms with E-state index in [2.05, 4.69) is 79.7 Å². The topological polar surface area (TPSA) is 18.5 Å². The van der Waals surface area contributed by atoms with E-state index in [1.807, 2.05) is 0 Å². The largest absolute Gasteiger partial charge is 0.302 e. The van der Waals surface area contributed by atoms with Crippen molar-refractivity contribution >= 4 is 22.1 Å². The number of hydrogen-bond donors (Lipinski definition) is 0. The zero-order chi connectivity index (χ0) is 18.5. The predicted octanol–water partition coefficient (Wildman–Crippen LogP) is 7.33. The number of allylic oxidation sites excluding steroid dienone is 4. The molecule has 24 heavy (non-hydrogen) atoms. The second-order valence-electron chi connectivity index (χ2n) is 7.01. The predicted molar refractivity (Wildman–Crippen MR) is 112 cm³/mol. The molecule has 138 valence electrons. The molecule has 2 nitrogen and oxygen atoms in total. The fourth-order valence-corrected chi connectivity index (χ4v) is 3.33. The summed E-state index contributed by atoms with van der Waals surface area (Å²) in [5.41, 5.74) is 5.23. The summed E-state index contributed by atoms with van der Waals surface area (Å²) < 4.78 is 11.4. The molecule has 0 spiro atoms. The number of rotatable bonds is 11. The van der Waals surface area contributed by atoms with Crippen LogP contribution in [0.2, 0.25) is 0 Å². The smallest absolute Gasteiger partial charge is 0.0925 e. The van der Waals surface area contributed by atoms with Gasteiger partial charge in [-0.25, -0.2) is 0 Å². The lowest BCUT2D eigenvalue weighted by molar-refractivity contribution is 0.340. The molecule has 0 heterocycles.